The van der Waals surface area contributed by atoms with E-state index in [9.17, 15) is 8.78 Å². The van der Waals surface area contributed by atoms with Crippen molar-refractivity contribution in [2.75, 3.05) is 20.2 Å². The summed E-state index contributed by atoms with van der Waals surface area (Å²) in [5.74, 6) is -0.320. The molecule has 1 aromatic rings. The fraction of sp³-hybridized carbons (Fsp3) is 0.538. The molecule has 1 fully saturated rings. The largest absolute Gasteiger partial charge is 0.496 e. The van der Waals surface area contributed by atoms with Gasteiger partial charge in [-0.05, 0) is 38.3 Å². The maximum Gasteiger partial charge on any atom is 0.133 e. The molecule has 0 radical (unpaired) electrons. The summed E-state index contributed by atoms with van der Waals surface area (Å²) in [6, 6.07) is 2.18. The molecule has 0 amide bonds. The summed E-state index contributed by atoms with van der Waals surface area (Å²) in [7, 11) is 1.44. The molecule has 0 aromatic heterocycles. The van der Waals surface area contributed by atoms with Gasteiger partial charge in [0.05, 0.1) is 7.11 Å². The Balaban J connectivity index is 2.18. The van der Waals surface area contributed by atoms with Crippen LogP contribution in [0, 0.1) is 17.6 Å². The molecule has 1 saturated heterocycles. The summed E-state index contributed by atoms with van der Waals surface area (Å²) in [5.41, 5.74) is 0.501. The van der Waals surface area contributed by atoms with Crippen molar-refractivity contribution in [3.8, 4) is 5.75 Å². The smallest absolute Gasteiger partial charge is 0.133 e. The van der Waals surface area contributed by atoms with Crippen LogP contribution in [0.4, 0.5) is 8.78 Å². The first-order valence-electron chi connectivity index (χ1n) is 5.93. The average molecular weight is 241 g/mol. The van der Waals surface area contributed by atoms with Crippen LogP contribution in [0.15, 0.2) is 12.1 Å². The van der Waals surface area contributed by atoms with Crippen molar-refractivity contribution in [1.82, 2.24) is 5.32 Å². The van der Waals surface area contributed by atoms with Crippen LogP contribution in [0.2, 0.25) is 0 Å². The Labute approximate surface area is 100.0 Å². The first-order chi connectivity index (χ1) is 8.20. The monoisotopic (exact) mass is 241 g/mol. The highest BCUT2D eigenvalue weighted by atomic mass is 19.1. The van der Waals surface area contributed by atoms with Crippen LogP contribution in [0.5, 0.6) is 5.75 Å². The van der Waals surface area contributed by atoms with E-state index in [2.05, 4.69) is 5.32 Å². The van der Waals surface area contributed by atoms with Gasteiger partial charge in [-0.25, -0.2) is 8.78 Å². The molecule has 4 heteroatoms. The van der Waals surface area contributed by atoms with E-state index in [4.69, 9.17) is 4.74 Å². The summed E-state index contributed by atoms with van der Waals surface area (Å²) < 4.78 is 31.8. The predicted octanol–water partition coefficient (Wildman–Crippen LogP) is 2.52. The normalized spacial score (nSPS) is 17.1. The van der Waals surface area contributed by atoms with Crippen molar-refractivity contribution >= 4 is 0 Å². The van der Waals surface area contributed by atoms with Gasteiger partial charge in [-0.1, -0.05) is 0 Å². The lowest BCUT2D eigenvalue weighted by molar-refractivity contribution is 0.353. The minimum absolute atomic E-state index is 0.320. The van der Waals surface area contributed by atoms with Gasteiger partial charge in [-0.3, -0.25) is 0 Å². The van der Waals surface area contributed by atoms with E-state index in [0.29, 0.717) is 23.7 Å². The van der Waals surface area contributed by atoms with Gasteiger partial charge in [-0.15, -0.1) is 0 Å². The van der Waals surface area contributed by atoms with Crippen LogP contribution < -0.4 is 10.1 Å². The summed E-state index contributed by atoms with van der Waals surface area (Å²) >= 11 is 0. The molecule has 2 nitrogen and oxygen atoms in total. The number of hydrogen-bond acceptors (Lipinski definition) is 2. The third kappa shape index (κ3) is 2.94. The first kappa shape index (κ1) is 12.3. The Hall–Kier alpha value is -1.16. The quantitative estimate of drug-likeness (QED) is 0.878. The molecular weight excluding hydrogens is 224 g/mol. The SMILES string of the molecule is COc1cc(F)cc(F)c1CC1CCNCC1. The number of rotatable bonds is 3. The average Bonchev–Trinajstić information content (AvgIpc) is 2.33. The highest BCUT2D eigenvalue weighted by Gasteiger charge is 2.19. The molecule has 1 aromatic carbocycles. The van der Waals surface area contributed by atoms with Crippen LogP contribution in [-0.4, -0.2) is 20.2 Å². The van der Waals surface area contributed by atoms with Crippen molar-refractivity contribution in [1.29, 1.82) is 0 Å². The fourth-order valence-corrected chi connectivity index (χ4v) is 2.33. The Morgan fingerprint density at radius 2 is 2.00 bits per heavy atom. The summed E-state index contributed by atoms with van der Waals surface area (Å²) in [4.78, 5) is 0. The number of ether oxygens (including phenoxy) is 1. The van der Waals surface area contributed by atoms with Crippen LogP contribution >= 0.6 is 0 Å². The van der Waals surface area contributed by atoms with Gasteiger partial charge in [0.2, 0.25) is 0 Å². The van der Waals surface area contributed by atoms with E-state index in [1.807, 2.05) is 0 Å². The molecule has 1 aliphatic heterocycles. The molecule has 0 saturated carbocycles. The Morgan fingerprint density at radius 3 is 2.65 bits per heavy atom. The fourth-order valence-electron chi connectivity index (χ4n) is 2.33. The number of benzene rings is 1. The minimum atomic E-state index is -0.589. The Kier molecular flexibility index (Phi) is 3.94. The Bertz CT molecular complexity index is 389. The number of nitrogens with one attached hydrogen (secondary N) is 1. The standard InChI is InChI=1S/C13H17F2NO/c1-17-13-8-10(14)7-12(15)11(13)6-9-2-4-16-5-3-9/h7-9,16H,2-6H2,1H3. The number of hydrogen-bond donors (Lipinski definition) is 1. The van der Waals surface area contributed by atoms with Crippen molar-refractivity contribution in [2.24, 2.45) is 5.92 Å². The summed E-state index contributed by atoms with van der Waals surface area (Å²) in [6.07, 6.45) is 2.68. The lowest BCUT2D eigenvalue weighted by Crippen LogP contribution is -2.28. The van der Waals surface area contributed by atoms with E-state index in [0.717, 1.165) is 32.0 Å². The van der Waals surface area contributed by atoms with Crippen LogP contribution in [-0.2, 0) is 6.42 Å². The van der Waals surface area contributed by atoms with Gasteiger partial charge in [0.1, 0.15) is 17.4 Å². The molecule has 0 unspecified atom stereocenters. The van der Waals surface area contributed by atoms with Gasteiger partial charge < -0.3 is 10.1 Å². The molecule has 0 spiro atoms. The van der Waals surface area contributed by atoms with Gasteiger partial charge in [0, 0.05) is 17.7 Å². The van der Waals surface area contributed by atoms with Gasteiger partial charge in [0.15, 0.2) is 0 Å². The molecule has 17 heavy (non-hydrogen) atoms. The van der Waals surface area contributed by atoms with Crippen molar-refractivity contribution in [3.63, 3.8) is 0 Å². The molecule has 1 N–H and O–H groups in total. The molecule has 0 aliphatic carbocycles. The van der Waals surface area contributed by atoms with Crippen LogP contribution in [0.1, 0.15) is 18.4 Å². The number of halogens is 2. The maximum absolute atomic E-state index is 13.7. The topological polar surface area (TPSA) is 21.3 Å². The zero-order chi connectivity index (χ0) is 12.3. The van der Waals surface area contributed by atoms with Gasteiger partial charge >= 0.3 is 0 Å². The second-order valence-electron chi connectivity index (χ2n) is 4.47. The Morgan fingerprint density at radius 1 is 1.29 bits per heavy atom. The number of methoxy groups -OCH3 is 1. The van der Waals surface area contributed by atoms with Crippen LogP contribution in [0.3, 0.4) is 0 Å². The third-order valence-corrected chi connectivity index (χ3v) is 3.29. The minimum Gasteiger partial charge on any atom is -0.496 e. The lowest BCUT2D eigenvalue weighted by Gasteiger charge is -2.23. The molecule has 0 bridgehead atoms. The van der Waals surface area contributed by atoms with E-state index >= 15 is 0 Å². The number of piperidine rings is 1. The predicted molar refractivity (Wildman–Crippen MR) is 62.2 cm³/mol. The summed E-state index contributed by atoms with van der Waals surface area (Å²) in [5, 5.41) is 3.27. The molecule has 0 atom stereocenters. The summed E-state index contributed by atoms with van der Waals surface area (Å²) in [6.45, 7) is 1.94. The van der Waals surface area contributed by atoms with Gasteiger partial charge in [-0.2, -0.15) is 0 Å². The zero-order valence-electron chi connectivity index (χ0n) is 9.93. The molecule has 94 valence electrons. The molecule has 1 heterocycles. The second kappa shape index (κ2) is 5.45. The maximum atomic E-state index is 13.7. The van der Waals surface area contributed by atoms with Crippen molar-refractivity contribution in [3.05, 3.63) is 29.3 Å². The third-order valence-electron chi connectivity index (χ3n) is 3.29. The van der Waals surface area contributed by atoms with Crippen molar-refractivity contribution in [2.45, 2.75) is 19.3 Å². The molecule has 2 rings (SSSR count). The highest BCUT2D eigenvalue weighted by molar-refractivity contribution is 5.35. The van der Waals surface area contributed by atoms with E-state index in [1.165, 1.54) is 13.2 Å². The lowest BCUT2D eigenvalue weighted by atomic mass is 9.90. The van der Waals surface area contributed by atoms with Crippen LogP contribution in [0.25, 0.3) is 0 Å². The zero-order valence-corrected chi connectivity index (χ0v) is 9.93. The van der Waals surface area contributed by atoms with E-state index in [-0.39, 0.29) is 0 Å². The van der Waals surface area contributed by atoms with E-state index < -0.39 is 11.6 Å². The molecular formula is C13H17F2NO. The molecule has 1 aliphatic rings. The van der Waals surface area contributed by atoms with Gasteiger partial charge in [0.25, 0.3) is 0 Å². The van der Waals surface area contributed by atoms with E-state index in [1.54, 1.807) is 0 Å². The highest BCUT2D eigenvalue weighted by Crippen LogP contribution is 2.28. The first-order valence-corrected chi connectivity index (χ1v) is 5.93. The van der Waals surface area contributed by atoms with Crippen molar-refractivity contribution < 1.29 is 13.5 Å². The second-order valence-corrected chi connectivity index (χ2v) is 4.47.